The second-order valence-electron chi connectivity index (χ2n) is 5.71. The van der Waals surface area contributed by atoms with Crippen LogP contribution in [0.4, 0.5) is 10.1 Å². The lowest BCUT2D eigenvalue weighted by molar-refractivity contribution is 0.378. The lowest BCUT2D eigenvalue weighted by atomic mass is 9.92. The monoisotopic (exact) mass is 221 g/mol. The van der Waals surface area contributed by atoms with Gasteiger partial charge in [-0.1, -0.05) is 13.8 Å². The summed E-state index contributed by atoms with van der Waals surface area (Å²) in [5.74, 6) is -0.127. The summed E-state index contributed by atoms with van der Waals surface area (Å²) >= 11 is 0. The fourth-order valence-corrected chi connectivity index (χ4v) is 2.53. The molecule has 1 saturated carbocycles. The van der Waals surface area contributed by atoms with Crippen LogP contribution in [0.1, 0.15) is 38.7 Å². The van der Waals surface area contributed by atoms with Crippen molar-refractivity contribution in [2.75, 3.05) is 5.32 Å². The number of nitrogens with one attached hydrogen (secondary N) is 1. The molecule has 88 valence electrons. The Hall–Kier alpha value is -1.05. The number of aryl methyl sites for hydroxylation is 1. The minimum Gasteiger partial charge on any atom is -0.382 e. The van der Waals surface area contributed by atoms with Gasteiger partial charge in [0.1, 0.15) is 5.82 Å². The van der Waals surface area contributed by atoms with Gasteiger partial charge in [-0.05, 0) is 55.4 Å². The number of hydrogen-bond acceptors (Lipinski definition) is 1. The number of rotatable bonds is 2. The van der Waals surface area contributed by atoms with Crippen molar-refractivity contribution in [3.63, 3.8) is 0 Å². The maximum Gasteiger partial charge on any atom is 0.126 e. The minimum atomic E-state index is -0.127. The highest BCUT2D eigenvalue weighted by atomic mass is 19.1. The van der Waals surface area contributed by atoms with Crippen LogP contribution in [-0.4, -0.2) is 6.04 Å². The van der Waals surface area contributed by atoms with Crippen molar-refractivity contribution in [2.45, 2.75) is 46.1 Å². The summed E-state index contributed by atoms with van der Waals surface area (Å²) in [5, 5.41) is 3.50. The van der Waals surface area contributed by atoms with E-state index in [1.807, 2.05) is 12.1 Å². The normalized spacial score (nSPS) is 23.4. The largest absolute Gasteiger partial charge is 0.382 e. The number of anilines is 1. The highest BCUT2D eigenvalue weighted by Gasteiger charge is 2.30. The molecule has 2 rings (SSSR count). The van der Waals surface area contributed by atoms with Crippen LogP contribution in [0.5, 0.6) is 0 Å². The van der Waals surface area contributed by atoms with Gasteiger partial charge in [-0.2, -0.15) is 0 Å². The highest BCUT2D eigenvalue weighted by molar-refractivity contribution is 5.46. The maximum absolute atomic E-state index is 13.1. The van der Waals surface area contributed by atoms with E-state index in [-0.39, 0.29) is 5.82 Å². The van der Waals surface area contributed by atoms with Crippen molar-refractivity contribution in [1.82, 2.24) is 0 Å². The Labute approximate surface area is 97.1 Å². The molecule has 16 heavy (non-hydrogen) atoms. The fourth-order valence-electron chi connectivity index (χ4n) is 2.53. The molecular weight excluding hydrogens is 201 g/mol. The molecule has 0 spiro atoms. The molecule has 1 aromatic carbocycles. The summed E-state index contributed by atoms with van der Waals surface area (Å²) < 4.78 is 13.1. The van der Waals surface area contributed by atoms with Gasteiger partial charge >= 0.3 is 0 Å². The van der Waals surface area contributed by atoms with E-state index in [2.05, 4.69) is 19.2 Å². The van der Waals surface area contributed by atoms with Crippen LogP contribution in [-0.2, 0) is 0 Å². The van der Waals surface area contributed by atoms with E-state index in [9.17, 15) is 4.39 Å². The van der Waals surface area contributed by atoms with Gasteiger partial charge in [0.05, 0.1) is 0 Å². The van der Waals surface area contributed by atoms with Gasteiger partial charge < -0.3 is 5.32 Å². The third-order valence-electron chi connectivity index (χ3n) is 3.50. The Bertz CT molecular complexity index is 384. The molecule has 1 fully saturated rings. The number of halogens is 1. The Morgan fingerprint density at radius 3 is 2.69 bits per heavy atom. The second-order valence-corrected chi connectivity index (χ2v) is 5.71. The lowest BCUT2D eigenvalue weighted by Crippen LogP contribution is -2.17. The predicted molar refractivity (Wildman–Crippen MR) is 66.2 cm³/mol. The topological polar surface area (TPSA) is 12.0 Å². The molecule has 0 heterocycles. The first-order chi connectivity index (χ1) is 7.46. The predicted octanol–water partition coefficient (Wildman–Crippen LogP) is 4.12. The van der Waals surface area contributed by atoms with Gasteiger partial charge in [-0.15, -0.1) is 0 Å². The third-order valence-corrected chi connectivity index (χ3v) is 3.50. The molecule has 1 N–H and O–H groups in total. The van der Waals surface area contributed by atoms with Crippen LogP contribution in [0.15, 0.2) is 18.2 Å². The molecule has 1 aliphatic rings. The molecule has 0 aromatic heterocycles. The SMILES string of the molecule is Cc1cc(NC2CCC(C)(C)C2)ccc1F. The number of hydrogen-bond donors (Lipinski definition) is 1. The molecule has 0 radical (unpaired) electrons. The smallest absolute Gasteiger partial charge is 0.126 e. The first-order valence-electron chi connectivity index (χ1n) is 5.99. The standard InChI is InChI=1S/C14H20FN/c1-10-8-11(4-5-13(10)15)16-12-6-7-14(2,3)9-12/h4-5,8,12,16H,6-7,9H2,1-3H3. The van der Waals surface area contributed by atoms with Crippen LogP contribution in [0.25, 0.3) is 0 Å². The molecule has 0 aliphatic heterocycles. The zero-order chi connectivity index (χ0) is 11.8. The molecule has 0 bridgehead atoms. The zero-order valence-electron chi connectivity index (χ0n) is 10.3. The summed E-state index contributed by atoms with van der Waals surface area (Å²) in [7, 11) is 0. The van der Waals surface area contributed by atoms with Crippen LogP contribution < -0.4 is 5.32 Å². The fraction of sp³-hybridized carbons (Fsp3) is 0.571. The quantitative estimate of drug-likeness (QED) is 0.792. The first kappa shape index (κ1) is 11.4. The van der Waals surface area contributed by atoms with Crippen LogP contribution in [0.3, 0.4) is 0 Å². The minimum absolute atomic E-state index is 0.127. The first-order valence-corrected chi connectivity index (χ1v) is 5.99. The summed E-state index contributed by atoms with van der Waals surface area (Å²) in [6.07, 6.45) is 3.68. The Balaban J connectivity index is 2.02. The van der Waals surface area contributed by atoms with Crippen molar-refractivity contribution < 1.29 is 4.39 Å². The van der Waals surface area contributed by atoms with Gasteiger partial charge in [0.25, 0.3) is 0 Å². The van der Waals surface area contributed by atoms with E-state index >= 15 is 0 Å². The van der Waals surface area contributed by atoms with Gasteiger partial charge in [-0.25, -0.2) is 4.39 Å². The van der Waals surface area contributed by atoms with Crippen molar-refractivity contribution in [1.29, 1.82) is 0 Å². The van der Waals surface area contributed by atoms with E-state index in [0.29, 0.717) is 17.0 Å². The molecule has 0 amide bonds. The van der Waals surface area contributed by atoms with Crippen LogP contribution in [0.2, 0.25) is 0 Å². The third kappa shape index (κ3) is 2.55. The zero-order valence-corrected chi connectivity index (χ0v) is 10.3. The molecule has 1 nitrogen and oxygen atoms in total. The summed E-state index contributed by atoms with van der Waals surface area (Å²) in [5.41, 5.74) is 2.20. The highest BCUT2D eigenvalue weighted by Crippen LogP contribution is 2.38. The Morgan fingerprint density at radius 1 is 1.38 bits per heavy atom. The molecule has 1 aliphatic carbocycles. The molecule has 1 unspecified atom stereocenters. The van der Waals surface area contributed by atoms with E-state index < -0.39 is 0 Å². The average molecular weight is 221 g/mol. The molecule has 1 atom stereocenters. The molecular formula is C14H20FN. The van der Waals surface area contributed by atoms with Crippen molar-refractivity contribution in [3.8, 4) is 0 Å². The summed E-state index contributed by atoms with van der Waals surface area (Å²) in [6.45, 7) is 6.42. The van der Waals surface area contributed by atoms with Crippen molar-refractivity contribution in [2.24, 2.45) is 5.41 Å². The summed E-state index contributed by atoms with van der Waals surface area (Å²) in [4.78, 5) is 0. The van der Waals surface area contributed by atoms with Crippen molar-refractivity contribution in [3.05, 3.63) is 29.6 Å². The van der Waals surface area contributed by atoms with Gasteiger partial charge in [0.2, 0.25) is 0 Å². The molecule has 1 aromatic rings. The molecule has 2 heteroatoms. The van der Waals surface area contributed by atoms with Crippen LogP contribution >= 0.6 is 0 Å². The van der Waals surface area contributed by atoms with E-state index in [1.54, 1.807) is 6.92 Å². The van der Waals surface area contributed by atoms with Crippen molar-refractivity contribution >= 4 is 5.69 Å². The number of benzene rings is 1. The maximum atomic E-state index is 13.1. The summed E-state index contributed by atoms with van der Waals surface area (Å²) in [6, 6.07) is 5.80. The van der Waals surface area contributed by atoms with E-state index in [1.165, 1.54) is 25.3 Å². The van der Waals surface area contributed by atoms with Gasteiger partial charge in [0.15, 0.2) is 0 Å². The van der Waals surface area contributed by atoms with Gasteiger partial charge in [-0.3, -0.25) is 0 Å². The Morgan fingerprint density at radius 2 is 2.12 bits per heavy atom. The van der Waals surface area contributed by atoms with E-state index in [0.717, 1.165) is 5.69 Å². The van der Waals surface area contributed by atoms with E-state index in [4.69, 9.17) is 0 Å². The Kier molecular flexibility index (Phi) is 2.92. The second kappa shape index (κ2) is 4.08. The van der Waals surface area contributed by atoms with Gasteiger partial charge in [0, 0.05) is 11.7 Å². The average Bonchev–Trinajstić information content (AvgIpc) is 2.52. The molecule has 0 saturated heterocycles. The lowest BCUT2D eigenvalue weighted by Gasteiger charge is -2.18. The van der Waals surface area contributed by atoms with Crippen LogP contribution in [0, 0.1) is 18.2 Å².